The topological polar surface area (TPSA) is 36.1 Å². The molecule has 3 nitrogen and oxygen atoms in total. The molecular formula is C15H15ClN2O. The number of hydrogen-bond acceptors (Lipinski definition) is 1. The van der Waals surface area contributed by atoms with Crippen LogP contribution >= 0.6 is 11.6 Å². The Labute approximate surface area is 117 Å². The molecule has 1 aliphatic rings. The van der Waals surface area contributed by atoms with Gasteiger partial charge in [0.05, 0.1) is 0 Å². The summed E-state index contributed by atoms with van der Waals surface area (Å²) >= 11 is 5.92. The van der Waals surface area contributed by atoms with Gasteiger partial charge in [-0.3, -0.25) is 4.79 Å². The van der Waals surface area contributed by atoms with Crippen molar-refractivity contribution in [3.05, 3.63) is 46.7 Å². The maximum absolute atomic E-state index is 11.5. The number of rotatable bonds is 1. The number of hydrogen-bond donors (Lipinski definition) is 1. The number of carbonyl (C=O) groups is 1. The number of aromatic nitrogens is 1. The van der Waals surface area contributed by atoms with Gasteiger partial charge >= 0.3 is 0 Å². The number of fused-ring (bicyclic) bond motifs is 1. The highest BCUT2D eigenvalue weighted by Crippen LogP contribution is 2.31. The number of amides is 1. The van der Waals surface area contributed by atoms with E-state index in [4.69, 9.17) is 11.6 Å². The van der Waals surface area contributed by atoms with Crippen LogP contribution in [-0.2, 0) is 17.8 Å². The van der Waals surface area contributed by atoms with Gasteiger partial charge in [0, 0.05) is 54.5 Å². The Morgan fingerprint density at radius 2 is 2.05 bits per heavy atom. The molecule has 0 atom stereocenters. The molecule has 1 amide bonds. The van der Waals surface area contributed by atoms with E-state index >= 15 is 0 Å². The van der Waals surface area contributed by atoms with Gasteiger partial charge in [0.25, 0.3) is 0 Å². The van der Waals surface area contributed by atoms with Crippen molar-refractivity contribution in [3.8, 4) is 11.1 Å². The summed E-state index contributed by atoms with van der Waals surface area (Å²) in [6.07, 6.45) is 2.92. The highest BCUT2D eigenvalue weighted by atomic mass is 35.5. The van der Waals surface area contributed by atoms with Crippen LogP contribution in [0.2, 0.25) is 5.02 Å². The van der Waals surface area contributed by atoms with Gasteiger partial charge in [0.15, 0.2) is 0 Å². The summed E-state index contributed by atoms with van der Waals surface area (Å²) in [5, 5.41) is 0.735. The van der Waals surface area contributed by atoms with Crippen LogP contribution in [0.1, 0.15) is 18.2 Å². The first-order valence-electron chi connectivity index (χ1n) is 6.35. The van der Waals surface area contributed by atoms with Crippen LogP contribution in [0.4, 0.5) is 0 Å². The zero-order valence-corrected chi connectivity index (χ0v) is 11.5. The first-order valence-corrected chi connectivity index (χ1v) is 6.73. The summed E-state index contributed by atoms with van der Waals surface area (Å²) in [4.78, 5) is 16.7. The number of nitrogens with zero attached hydrogens (tertiary/aromatic N) is 1. The molecule has 0 unspecified atom stereocenters. The van der Waals surface area contributed by atoms with E-state index in [9.17, 15) is 4.79 Å². The predicted molar refractivity (Wildman–Crippen MR) is 76.0 cm³/mol. The number of halogens is 1. The van der Waals surface area contributed by atoms with Gasteiger partial charge in [0.2, 0.25) is 5.91 Å². The average Bonchev–Trinajstić information content (AvgIpc) is 2.82. The molecule has 98 valence electrons. The average molecular weight is 275 g/mol. The van der Waals surface area contributed by atoms with Gasteiger partial charge in [-0.25, -0.2) is 0 Å². The minimum absolute atomic E-state index is 0.133. The fourth-order valence-electron chi connectivity index (χ4n) is 2.57. The second-order valence-electron chi connectivity index (χ2n) is 4.86. The van der Waals surface area contributed by atoms with Crippen molar-refractivity contribution >= 4 is 17.5 Å². The lowest BCUT2D eigenvalue weighted by Gasteiger charge is -2.26. The van der Waals surface area contributed by atoms with Gasteiger partial charge in [-0.1, -0.05) is 23.7 Å². The third kappa shape index (κ3) is 2.26. The second kappa shape index (κ2) is 4.74. The quantitative estimate of drug-likeness (QED) is 0.851. The molecule has 0 saturated heterocycles. The molecule has 0 fully saturated rings. The maximum atomic E-state index is 11.5. The number of aromatic amines is 1. The minimum atomic E-state index is 0.133. The van der Waals surface area contributed by atoms with Gasteiger partial charge in [-0.15, -0.1) is 0 Å². The molecule has 0 aliphatic carbocycles. The van der Waals surface area contributed by atoms with Gasteiger partial charge < -0.3 is 9.88 Å². The lowest BCUT2D eigenvalue weighted by molar-refractivity contribution is -0.129. The van der Waals surface area contributed by atoms with Crippen LogP contribution in [0.3, 0.4) is 0 Å². The van der Waals surface area contributed by atoms with Crippen LogP contribution in [0.15, 0.2) is 30.5 Å². The SMILES string of the molecule is CC(=O)N1CCc2[nH]cc(-c3ccc(Cl)cc3)c2C1. The third-order valence-electron chi connectivity index (χ3n) is 3.66. The molecule has 0 radical (unpaired) electrons. The summed E-state index contributed by atoms with van der Waals surface area (Å²) < 4.78 is 0. The van der Waals surface area contributed by atoms with E-state index in [0.717, 1.165) is 29.1 Å². The highest BCUT2D eigenvalue weighted by molar-refractivity contribution is 6.30. The van der Waals surface area contributed by atoms with Crippen molar-refractivity contribution in [2.45, 2.75) is 19.9 Å². The lowest BCUT2D eigenvalue weighted by atomic mass is 9.99. The van der Waals surface area contributed by atoms with E-state index in [0.29, 0.717) is 6.54 Å². The monoisotopic (exact) mass is 274 g/mol. The van der Waals surface area contributed by atoms with E-state index in [-0.39, 0.29) is 5.91 Å². The van der Waals surface area contributed by atoms with Crippen molar-refractivity contribution in [1.82, 2.24) is 9.88 Å². The summed E-state index contributed by atoms with van der Waals surface area (Å²) in [6.45, 7) is 3.11. The minimum Gasteiger partial charge on any atom is -0.364 e. The van der Waals surface area contributed by atoms with E-state index in [2.05, 4.69) is 4.98 Å². The molecular weight excluding hydrogens is 260 g/mol. The standard InChI is InChI=1S/C15H15ClN2O/c1-10(19)18-7-6-15-14(9-18)13(8-17-15)11-2-4-12(16)5-3-11/h2-5,8,17H,6-7,9H2,1H3. The normalized spacial score (nSPS) is 14.3. The van der Waals surface area contributed by atoms with E-state index in [1.807, 2.05) is 35.4 Å². The summed E-state index contributed by atoms with van der Waals surface area (Å²) in [7, 11) is 0. The first-order chi connectivity index (χ1) is 9.15. The molecule has 0 spiro atoms. The molecule has 2 heterocycles. The fraction of sp³-hybridized carbons (Fsp3) is 0.267. The summed E-state index contributed by atoms with van der Waals surface area (Å²) in [6, 6.07) is 7.81. The van der Waals surface area contributed by atoms with E-state index in [1.54, 1.807) is 6.92 Å². The van der Waals surface area contributed by atoms with Crippen LogP contribution < -0.4 is 0 Å². The number of carbonyl (C=O) groups excluding carboxylic acids is 1. The molecule has 2 aromatic rings. The molecule has 0 bridgehead atoms. The molecule has 1 aromatic heterocycles. The molecule has 1 aliphatic heterocycles. The Morgan fingerprint density at radius 3 is 2.74 bits per heavy atom. The Hall–Kier alpha value is -1.74. The zero-order chi connectivity index (χ0) is 13.4. The largest absolute Gasteiger partial charge is 0.364 e. The number of benzene rings is 1. The smallest absolute Gasteiger partial charge is 0.219 e. The van der Waals surface area contributed by atoms with Gasteiger partial charge in [0.1, 0.15) is 0 Å². The summed E-state index contributed by atoms with van der Waals surface area (Å²) in [5.74, 6) is 0.133. The highest BCUT2D eigenvalue weighted by Gasteiger charge is 2.22. The second-order valence-corrected chi connectivity index (χ2v) is 5.29. The fourth-order valence-corrected chi connectivity index (χ4v) is 2.70. The molecule has 3 rings (SSSR count). The number of nitrogens with one attached hydrogen (secondary N) is 1. The van der Waals surface area contributed by atoms with Crippen molar-refractivity contribution in [2.24, 2.45) is 0 Å². The predicted octanol–water partition coefficient (Wildman–Crippen LogP) is 3.24. The molecule has 4 heteroatoms. The molecule has 0 saturated carbocycles. The zero-order valence-electron chi connectivity index (χ0n) is 10.7. The van der Waals surface area contributed by atoms with E-state index in [1.165, 1.54) is 11.3 Å². The van der Waals surface area contributed by atoms with Crippen molar-refractivity contribution in [1.29, 1.82) is 0 Å². The van der Waals surface area contributed by atoms with Crippen LogP contribution in [0, 0.1) is 0 Å². The Morgan fingerprint density at radius 1 is 1.32 bits per heavy atom. The third-order valence-corrected chi connectivity index (χ3v) is 3.91. The van der Waals surface area contributed by atoms with Gasteiger partial charge in [-0.2, -0.15) is 0 Å². The Balaban J connectivity index is 1.99. The maximum Gasteiger partial charge on any atom is 0.219 e. The van der Waals surface area contributed by atoms with Crippen LogP contribution in [-0.4, -0.2) is 22.3 Å². The molecule has 1 N–H and O–H groups in total. The Kier molecular flexibility index (Phi) is 3.07. The first kappa shape index (κ1) is 12.3. The van der Waals surface area contributed by atoms with Crippen molar-refractivity contribution in [3.63, 3.8) is 0 Å². The van der Waals surface area contributed by atoms with Crippen molar-refractivity contribution in [2.75, 3.05) is 6.54 Å². The summed E-state index contributed by atoms with van der Waals surface area (Å²) in [5.41, 5.74) is 4.76. The number of H-pyrrole nitrogens is 1. The van der Waals surface area contributed by atoms with Crippen LogP contribution in [0.5, 0.6) is 0 Å². The van der Waals surface area contributed by atoms with Crippen LogP contribution in [0.25, 0.3) is 11.1 Å². The van der Waals surface area contributed by atoms with Gasteiger partial charge in [-0.05, 0) is 17.7 Å². The van der Waals surface area contributed by atoms with Crippen molar-refractivity contribution < 1.29 is 4.79 Å². The lowest BCUT2D eigenvalue weighted by Crippen LogP contribution is -2.34. The molecule has 19 heavy (non-hydrogen) atoms. The Bertz CT molecular complexity index is 616. The molecule has 1 aromatic carbocycles. The van der Waals surface area contributed by atoms with E-state index < -0.39 is 0 Å².